The summed E-state index contributed by atoms with van der Waals surface area (Å²) in [6.45, 7) is 0. The second-order valence-corrected chi connectivity index (χ2v) is 5.03. The number of rotatable bonds is 4. The predicted molar refractivity (Wildman–Crippen MR) is 61.1 cm³/mol. The Morgan fingerprint density at radius 2 is 1.09 bits per heavy atom. The zero-order valence-corrected chi connectivity index (χ0v) is 11.1. The fourth-order valence-electron chi connectivity index (χ4n) is 2.59. The SMILES string of the molecule is [N-]=[N+]=NC(O)(C1CCC(C(O)(N=[N+]=[N-])C(F)(F)F)C1)C(F)(F)F. The fraction of sp³-hybridized carbons (Fsp3) is 1.00. The van der Waals surface area contributed by atoms with Gasteiger partial charge in [-0.25, -0.2) is 0 Å². The van der Waals surface area contributed by atoms with Gasteiger partial charge in [0.25, 0.3) is 0 Å². The molecule has 0 bridgehead atoms. The van der Waals surface area contributed by atoms with Crippen LogP contribution in [0.2, 0.25) is 0 Å². The van der Waals surface area contributed by atoms with Crippen molar-refractivity contribution >= 4 is 0 Å². The van der Waals surface area contributed by atoms with Gasteiger partial charge in [-0.1, -0.05) is 0 Å². The van der Waals surface area contributed by atoms with Crippen LogP contribution in [-0.2, 0) is 0 Å². The summed E-state index contributed by atoms with van der Waals surface area (Å²) in [6, 6.07) is 0. The van der Waals surface area contributed by atoms with Crippen molar-refractivity contribution in [3.05, 3.63) is 20.9 Å². The highest BCUT2D eigenvalue weighted by Crippen LogP contribution is 2.52. The maximum Gasteiger partial charge on any atom is 0.423 e. The molecule has 4 unspecified atom stereocenters. The first-order valence-electron chi connectivity index (χ1n) is 6.04. The Kier molecular flexibility index (Phi) is 4.97. The molecule has 1 rings (SSSR count). The number of hydrogen-bond acceptors (Lipinski definition) is 4. The summed E-state index contributed by atoms with van der Waals surface area (Å²) in [6.07, 6.45) is -13.1. The zero-order valence-electron chi connectivity index (χ0n) is 11.1. The molecule has 0 aromatic carbocycles. The number of alkyl halides is 6. The van der Waals surface area contributed by atoms with Crippen LogP contribution >= 0.6 is 0 Å². The third kappa shape index (κ3) is 3.24. The molecule has 23 heavy (non-hydrogen) atoms. The van der Waals surface area contributed by atoms with E-state index in [1.807, 2.05) is 9.82 Å². The molecule has 0 aromatic heterocycles. The average molecular weight is 348 g/mol. The maximum absolute atomic E-state index is 12.9. The molecule has 1 saturated carbocycles. The summed E-state index contributed by atoms with van der Waals surface area (Å²) in [7, 11) is 0. The first kappa shape index (κ1) is 19.2. The van der Waals surface area contributed by atoms with E-state index in [2.05, 4.69) is 10.2 Å². The Hall–Kier alpha value is -1.88. The minimum absolute atomic E-state index is 0.626. The minimum Gasteiger partial charge on any atom is -0.376 e. The van der Waals surface area contributed by atoms with Crippen LogP contribution in [0.15, 0.2) is 10.2 Å². The van der Waals surface area contributed by atoms with Gasteiger partial charge in [-0.05, 0) is 40.6 Å². The van der Waals surface area contributed by atoms with E-state index in [0.29, 0.717) is 0 Å². The highest BCUT2D eigenvalue weighted by atomic mass is 19.4. The first-order valence-corrected chi connectivity index (χ1v) is 6.04. The molecular weight excluding hydrogens is 338 g/mol. The van der Waals surface area contributed by atoms with Gasteiger partial charge in [0, 0.05) is 21.7 Å². The molecule has 14 heteroatoms. The van der Waals surface area contributed by atoms with Crippen LogP contribution in [0.5, 0.6) is 0 Å². The van der Waals surface area contributed by atoms with Gasteiger partial charge in [0.15, 0.2) is 0 Å². The van der Waals surface area contributed by atoms with Crippen molar-refractivity contribution < 1.29 is 36.6 Å². The van der Waals surface area contributed by atoms with Gasteiger partial charge < -0.3 is 10.2 Å². The van der Waals surface area contributed by atoms with Crippen LogP contribution < -0.4 is 0 Å². The highest BCUT2D eigenvalue weighted by molar-refractivity contribution is 5.01. The van der Waals surface area contributed by atoms with Crippen LogP contribution in [-0.4, -0.2) is 34.0 Å². The van der Waals surface area contributed by atoms with E-state index in [1.165, 1.54) is 0 Å². The molecule has 2 N–H and O–H groups in total. The lowest BCUT2D eigenvalue weighted by atomic mass is 9.89. The molecule has 130 valence electrons. The first-order chi connectivity index (χ1) is 10.3. The van der Waals surface area contributed by atoms with Crippen LogP contribution in [0.3, 0.4) is 0 Å². The van der Waals surface area contributed by atoms with Gasteiger partial charge >= 0.3 is 12.4 Å². The number of azide groups is 2. The van der Waals surface area contributed by atoms with Crippen molar-refractivity contribution in [2.45, 2.75) is 43.1 Å². The van der Waals surface area contributed by atoms with Crippen molar-refractivity contribution in [2.24, 2.45) is 22.1 Å². The smallest absolute Gasteiger partial charge is 0.376 e. The minimum atomic E-state index is -5.42. The molecule has 1 aliphatic rings. The largest absolute Gasteiger partial charge is 0.423 e. The van der Waals surface area contributed by atoms with E-state index < -0.39 is 54.9 Å². The number of aliphatic hydroxyl groups is 2. The third-order valence-corrected chi connectivity index (χ3v) is 3.80. The molecule has 0 aromatic rings. The van der Waals surface area contributed by atoms with Crippen molar-refractivity contribution in [1.29, 1.82) is 0 Å². The topological polar surface area (TPSA) is 138 Å². The summed E-state index contributed by atoms with van der Waals surface area (Å²) >= 11 is 0. The molecule has 0 radical (unpaired) electrons. The van der Waals surface area contributed by atoms with Crippen LogP contribution in [0, 0.1) is 11.8 Å². The van der Waals surface area contributed by atoms with E-state index in [9.17, 15) is 36.6 Å². The molecule has 0 aliphatic heterocycles. The highest BCUT2D eigenvalue weighted by Gasteiger charge is 2.65. The van der Waals surface area contributed by atoms with Crippen LogP contribution in [0.4, 0.5) is 26.3 Å². The maximum atomic E-state index is 12.9. The van der Waals surface area contributed by atoms with Crippen LogP contribution in [0.25, 0.3) is 20.9 Å². The predicted octanol–water partition coefficient (Wildman–Crippen LogP) is 3.53. The lowest BCUT2D eigenvalue weighted by molar-refractivity contribution is -0.285. The Bertz CT molecular complexity index is 506. The van der Waals surface area contributed by atoms with Crippen molar-refractivity contribution in [1.82, 2.24) is 0 Å². The zero-order chi connectivity index (χ0) is 18.1. The normalized spacial score (nSPS) is 27.3. The quantitative estimate of drug-likeness (QED) is 0.347. The summed E-state index contributed by atoms with van der Waals surface area (Å²) in [4.78, 5) is 3.76. The Labute approximate surface area is 124 Å². The number of halogens is 6. The van der Waals surface area contributed by atoms with Gasteiger partial charge in [-0.2, -0.15) is 26.3 Å². The Morgan fingerprint density at radius 3 is 1.30 bits per heavy atom. The molecular formula is C9H10F6N6O2. The van der Waals surface area contributed by atoms with Crippen molar-refractivity contribution in [3.63, 3.8) is 0 Å². The standard InChI is InChI=1S/C9H10F6N6O2/c10-8(11,12)6(22,18-20-16)4-1-2-5(3-4)7(23,19-21-17)9(13,14)15/h4-5,22-23H,1-3H2. The van der Waals surface area contributed by atoms with Crippen LogP contribution in [0.1, 0.15) is 19.3 Å². The second kappa shape index (κ2) is 5.96. The second-order valence-electron chi connectivity index (χ2n) is 5.03. The lowest BCUT2D eigenvalue weighted by Gasteiger charge is -2.34. The molecule has 0 saturated heterocycles. The van der Waals surface area contributed by atoms with Gasteiger partial charge in [0.1, 0.15) is 0 Å². The van der Waals surface area contributed by atoms with E-state index in [-0.39, 0.29) is 0 Å². The van der Waals surface area contributed by atoms with Gasteiger partial charge in [0.05, 0.1) is 0 Å². The molecule has 4 atom stereocenters. The number of hydrogen-bond donors (Lipinski definition) is 2. The van der Waals surface area contributed by atoms with E-state index in [4.69, 9.17) is 11.1 Å². The Morgan fingerprint density at radius 1 is 0.783 bits per heavy atom. The molecule has 0 spiro atoms. The van der Waals surface area contributed by atoms with Crippen molar-refractivity contribution in [3.8, 4) is 0 Å². The summed E-state index contributed by atoms with van der Waals surface area (Å²) in [5, 5.41) is 23.7. The van der Waals surface area contributed by atoms with Gasteiger partial charge in [0.2, 0.25) is 11.4 Å². The molecule has 1 fully saturated rings. The fourth-order valence-corrected chi connectivity index (χ4v) is 2.59. The van der Waals surface area contributed by atoms with E-state index in [1.54, 1.807) is 0 Å². The van der Waals surface area contributed by atoms with E-state index in [0.717, 1.165) is 0 Å². The lowest BCUT2D eigenvalue weighted by Crippen LogP contribution is -2.51. The average Bonchev–Trinajstić information content (AvgIpc) is 2.86. The summed E-state index contributed by atoms with van der Waals surface area (Å²) in [5.74, 6) is -3.85. The third-order valence-electron chi connectivity index (χ3n) is 3.80. The summed E-state index contributed by atoms with van der Waals surface area (Å²) < 4.78 is 77.2. The van der Waals surface area contributed by atoms with Crippen molar-refractivity contribution in [2.75, 3.05) is 0 Å². The van der Waals surface area contributed by atoms with E-state index >= 15 is 0 Å². The Balaban J connectivity index is 3.19. The monoisotopic (exact) mass is 348 g/mol. The molecule has 0 heterocycles. The van der Waals surface area contributed by atoms with Gasteiger partial charge in [-0.3, -0.25) is 0 Å². The molecule has 1 aliphatic carbocycles. The molecule has 8 nitrogen and oxygen atoms in total. The molecule has 0 amide bonds. The summed E-state index contributed by atoms with van der Waals surface area (Å²) in [5.41, 5.74) is 8.50. The van der Waals surface area contributed by atoms with Gasteiger partial charge in [-0.15, -0.1) is 0 Å². The number of nitrogens with zero attached hydrogens (tertiary/aromatic N) is 6.